The van der Waals surface area contributed by atoms with Crippen molar-refractivity contribution in [1.29, 1.82) is 0 Å². The molecule has 1 heterocycles. The van der Waals surface area contributed by atoms with Gasteiger partial charge < -0.3 is 29.9 Å². The van der Waals surface area contributed by atoms with Crippen LogP contribution in [0.15, 0.2) is 0 Å². The van der Waals surface area contributed by atoms with Crippen molar-refractivity contribution in [2.45, 2.75) is 95.9 Å². The van der Waals surface area contributed by atoms with E-state index >= 15 is 0 Å². The summed E-state index contributed by atoms with van der Waals surface area (Å²) in [6.45, 7) is 3.90. The molecular weight excluding hydrogens is 484 g/mol. The van der Waals surface area contributed by atoms with Gasteiger partial charge in [0.05, 0.1) is 0 Å². The molecule has 5 rings (SSSR count). The largest absolute Gasteiger partial charge is 0.479 e. The molecule has 206 valence electrons. The monoisotopic (exact) mass is 522 g/mol. The van der Waals surface area contributed by atoms with Crippen LogP contribution in [0.25, 0.3) is 0 Å². The molecule has 0 spiro atoms. The molecule has 0 amide bonds. The van der Waals surface area contributed by atoms with Gasteiger partial charge in [-0.15, -0.1) is 0 Å². The van der Waals surface area contributed by atoms with Crippen molar-refractivity contribution in [3.63, 3.8) is 0 Å². The lowest BCUT2D eigenvalue weighted by Crippen LogP contribution is -2.60. The number of ether oxygens (including phenoxy) is 2. The SMILES string of the molecule is CC12CCC3C(CC(=O)C4CC(=O)CCC43C)C1CCC2C(=O)COC1OC(C(=O)O)C(O)C(O)C1O. The van der Waals surface area contributed by atoms with E-state index in [4.69, 9.17) is 9.47 Å². The Bertz CT molecular complexity index is 980. The van der Waals surface area contributed by atoms with Crippen LogP contribution < -0.4 is 0 Å². The van der Waals surface area contributed by atoms with Crippen molar-refractivity contribution in [3.05, 3.63) is 0 Å². The fraction of sp³-hybridized carbons (Fsp3) is 0.852. The van der Waals surface area contributed by atoms with Gasteiger partial charge >= 0.3 is 5.97 Å². The summed E-state index contributed by atoms with van der Waals surface area (Å²) in [6, 6.07) is 0. The number of carboxylic acid groups (broad SMARTS) is 1. The molecule has 4 saturated carbocycles. The zero-order valence-corrected chi connectivity index (χ0v) is 21.4. The zero-order valence-electron chi connectivity index (χ0n) is 21.4. The topological polar surface area (TPSA) is 168 Å². The van der Waals surface area contributed by atoms with Crippen molar-refractivity contribution in [2.24, 2.45) is 40.4 Å². The number of hydrogen-bond donors (Lipinski definition) is 4. The number of aliphatic hydroxyl groups excluding tert-OH is 3. The van der Waals surface area contributed by atoms with Crippen molar-refractivity contribution >= 4 is 23.3 Å². The van der Waals surface area contributed by atoms with Crippen LogP contribution in [0.5, 0.6) is 0 Å². The highest BCUT2D eigenvalue weighted by Gasteiger charge is 2.63. The Balaban J connectivity index is 1.27. The number of hydrogen-bond acceptors (Lipinski definition) is 9. The minimum absolute atomic E-state index is 0.166. The lowest BCUT2D eigenvalue weighted by molar-refractivity contribution is -0.292. The highest BCUT2D eigenvalue weighted by molar-refractivity contribution is 5.91. The second-order valence-electron chi connectivity index (χ2n) is 12.5. The third-order valence-electron chi connectivity index (χ3n) is 10.9. The number of rotatable bonds is 5. The van der Waals surface area contributed by atoms with Crippen LogP contribution in [0.2, 0.25) is 0 Å². The van der Waals surface area contributed by atoms with Crippen LogP contribution in [-0.4, -0.2) is 81.1 Å². The van der Waals surface area contributed by atoms with Crippen LogP contribution in [-0.2, 0) is 28.7 Å². The Morgan fingerprint density at radius 1 is 0.946 bits per heavy atom. The molecule has 0 aromatic rings. The van der Waals surface area contributed by atoms with Crippen LogP contribution in [0.1, 0.15) is 65.2 Å². The molecule has 10 heteroatoms. The summed E-state index contributed by atoms with van der Waals surface area (Å²) >= 11 is 0. The molecule has 1 aliphatic heterocycles. The molecule has 1 saturated heterocycles. The third-order valence-corrected chi connectivity index (χ3v) is 10.9. The first kappa shape index (κ1) is 26.9. The number of aliphatic carboxylic acids is 1. The predicted octanol–water partition coefficient (Wildman–Crippen LogP) is 0.871. The second-order valence-corrected chi connectivity index (χ2v) is 12.5. The van der Waals surface area contributed by atoms with Gasteiger partial charge in [-0.25, -0.2) is 4.79 Å². The highest BCUT2D eigenvalue weighted by atomic mass is 16.7. The number of carboxylic acids is 1. The molecule has 0 radical (unpaired) electrons. The Morgan fingerprint density at radius 3 is 2.35 bits per heavy atom. The average molecular weight is 523 g/mol. The number of ketones is 3. The summed E-state index contributed by atoms with van der Waals surface area (Å²) in [7, 11) is 0. The highest BCUT2D eigenvalue weighted by Crippen LogP contribution is 2.66. The van der Waals surface area contributed by atoms with Crippen LogP contribution >= 0.6 is 0 Å². The minimum Gasteiger partial charge on any atom is -0.479 e. The fourth-order valence-electron chi connectivity index (χ4n) is 8.82. The molecule has 0 bridgehead atoms. The molecule has 10 nitrogen and oxygen atoms in total. The van der Waals surface area contributed by atoms with E-state index < -0.39 is 43.3 Å². The Kier molecular flexibility index (Phi) is 6.89. The first-order chi connectivity index (χ1) is 17.4. The second kappa shape index (κ2) is 9.48. The quantitative estimate of drug-likeness (QED) is 0.407. The van der Waals surface area contributed by atoms with Gasteiger partial charge in [-0.1, -0.05) is 13.8 Å². The van der Waals surface area contributed by atoms with Gasteiger partial charge in [0.2, 0.25) is 0 Å². The summed E-state index contributed by atoms with van der Waals surface area (Å²) in [4.78, 5) is 50.0. The molecule has 5 fully saturated rings. The smallest absolute Gasteiger partial charge is 0.335 e. The standard InChI is InChI=1S/C27H38O10/c1-26-8-6-15-13(10-18(29)17-9-12(28)5-7-27(15,17)2)14(26)3-4-16(26)19(30)11-36-25-22(33)20(31)21(32)23(37-25)24(34)35/h13-17,20-23,25,31-33H,3-11H2,1-2H3,(H,34,35). The Labute approximate surface area is 215 Å². The van der Waals surface area contributed by atoms with Gasteiger partial charge in [-0.05, 0) is 60.7 Å². The lowest BCUT2D eigenvalue weighted by Gasteiger charge is -2.59. The molecule has 5 aliphatic rings. The maximum Gasteiger partial charge on any atom is 0.335 e. The summed E-state index contributed by atoms with van der Waals surface area (Å²) < 4.78 is 10.6. The van der Waals surface area contributed by atoms with E-state index in [1.165, 1.54) is 0 Å². The van der Waals surface area contributed by atoms with Crippen LogP contribution in [0.3, 0.4) is 0 Å². The van der Waals surface area contributed by atoms with Crippen LogP contribution in [0, 0.1) is 40.4 Å². The van der Waals surface area contributed by atoms with E-state index in [2.05, 4.69) is 13.8 Å². The molecule has 12 atom stereocenters. The predicted molar refractivity (Wildman–Crippen MR) is 126 cm³/mol. The summed E-state index contributed by atoms with van der Waals surface area (Å²) in [6.07, 6.45) is -3.31. The van der Waals surface area contributed by atoms with Crippen molar-refractivity contribution in [3.8, 4) is 0 Å². The number of carbonyl (C=O) groups excluding carboxylic acids is 3. The zero-order chi connectivity index (χ0) is 26.9. The first-order valence-electron chi connectivity index (χ1n) is 13.5. The van der Waals surface area contributed by atoms with E-state index in [0.717, 1.165) is 25.7 Å². The van der Waals surface area contributed by atoms with Gasteiger partial charge in [-0.3, -0.25) is 14.4 Å². The summed E-state index contributed by atoms with van der Waals surface area (Å²) in [5.41, 5.74) is -0.470. The van der Waals surface area contributed by atoms with E-state index in [-0.39, 0.29) is 51.9 Å². The normalized spacial score (nSPS) is 49.6. The number of carbonyl (C=O) groups is 4. The van der Waals surface area contributed by atoms with Crippen molar-refractivity contribution < 1.29 is 49.1 Å². The van der Waals surface area contributed by atoms with Gasteiger partial charge in [-0.2, -0.15) is 0 Å². The minimum atomic E-state index is -1.82. The fourth-order valence-corrected chi connectivity index (χ4v) is 8.82. The lowest BCUT2D eigenvalue weighted by atomic mass is 9.44. The average Bonchev–Trinajstić information content (AvgIpc) is 3.20. The van der Waals surface area contributed by atoms with Crippen LogP contribution in [0.4, 0.5) is 0 Å². The molecule has 4 aliphatic carbocycles. The van der Waals surface area contributed by atoms with Gasteiger partial charge in [0, 0.05) is 31.1 Å². The van der Waals surface area contributed by atoms with E-state index in [9.17, 15) is 39.6 Å². The third kappa shape index (κ3) is 4.19. The molecular formula is C27H38O10. The first-order valence-corrected chi connectivity index (χ1v) is 13.5. The Hall–Kier alpha value is -1.72. The molecule has 4 N–H and O–H groups in total. The van der Waals surface area contributed by atoms with E-state index in [0.29, 0.717) is 31.6 Å². The maximum absolute atomic E-state index is 13.4. The number of Topliss-reactive ketones (excluding diaryl/α,β-unsaturated/α-hetero) is 3. The van der Waals surface area contributed by atoms with Gasteiger partial charge in [0.15, 0.2) is 18.2 Å². The maximum atomic E-state index is 13.4. The molecule has 12 unspecified atom stereocenters. The van der Waals surface area contributed by atoms with Crippen molar-refractivity contribution in [1.82, 2.24) is 0 Å². The molecule has 37 heavy (non-hydrogen) atoms. The molecule has 0 aromatic carbocycles. The van der Waals surface area contributed by atoms with E-state index in [1.807, 2.05) is 0 Å². The Morgan fingerprint density at radius 2 is 1.65 bits per heavy atom. The van der Waals surface area contributed by atoms with E-state index in [1.54, 1.807) is 0 Å². The molecule has 0 aromatic heterocycles. The van der Waals surface area contributed by atoms with Gasteiger partial charge in [0.25, 0.3) is 0 Å². The summed E-state index contributed by atoms with van der Waals surface area (Å²) in [5, 5.41) is 39.3. The number of aliphatic hydroxyl groups is 3. The summed E-state index contributed by atoms with van der Waals surface area (Å²) in [5.74, 6) is -1.04. The number of fused-ring (bicyclic) bond motifs is 5. The van der Waals surface area contributed by atoms with Crippen molar-refractivity contribution in [2.75, 3.05) is 6.61 Å². The van der Waals surface area contributed by atoms with Gasteiger partial charge in [0.1, 0.15) is 36.5 Å².